The Labute approximate surface area is 88.8 Å². The minimum atomic E-state index is 0.594. The van der Waals surface area contributed by atoms with Crippen LogP contribution in [0, 0.1) is 0 Å². The van der Waals surface area contributed by atoms with E-state index in [1.165, 1.54) is 0 Å². The first-order valence-electron chi connectivity index (χ1n) is 4.30. The van der Waals surface area contributed by atoms with Crippen LogP contribution < -0.4 is 0 Å². The minimum absolute atomic E-state index is 0.594. The molecule has 74 valence electrons. The van der Waals surface area contributed by atoms with Crippen LogP contribution in [0.4, 0.5) is 0 Å². The van der Waals surface area contributed by atoms with Crippen LogP contribution in [0.5, 0.6) is 0 Å². The number of thiophene rings is 1. The molecule has 0 aromatic carbocycles. The molecule has 5 nitrogen and oxygen atoms in total. The average molecular weight is 218 g/mol. The van der Waals surface area contributed by atoms with Gasteiger partial charge in [0, 0.05) is 5.56 Å². The van der Waals surface area contributed by atoms with E-state index in [1.807, 2.05) is 23.6 Å². The molecule has 0 bridgehead atoms. The topological polar surface area (TPSA) is 67.6 Å². The fourth-order valence-corrected chi connectivity index (χ4v) is 2.19. The number of H-pyrrole nitrogens is 1. The first-order valence-corrected chi connectivity index (χ1v) is 5.18. The summed E-state index contributed by atoms with van der Waals surface area (Å²) in [6, 6.07) is 5.74. The Morgan fingerprint density at radius 2 is 2.33 bits per heavy atom. The maximum atomic E-state index is 5.34. The number of hydrogen-bond acceptors (Lipinski definition) is 5. The molecule has 6 heteroatoms. The summed E-state index contributed by atoms with van der Waals surface area (Å²) in [6.07, 6.45) is 1.65. The summed E-state index contributed by atoms with van der Waals surface area (Å²) in [7, 11) is 0. The average Bonchev–Trinajstić information content (AvgIpc) is 3.01. The van der Waals surface area contributed by atoms with E-state index in [2.05, 4.69) is 20.6 Å². The molecule has 3 heterocycles. The van der Waals surface area contributed by atoms with Crippen LogP contribution in [0.15, 0.2) is 34.3 Å². The van der Waals surface area contributed by atoms with Gasteiger partial charge in [0.1, 0.15) is 5.76 Å². The molecule has 0 aliphatic carbocycles. The number of furan rings is 1. The highest BCUT2D eigenvalue weighted by molar-refractivity contribution is 7.14. The molecule has 3 aromatic rings. The van der Waals surface area contributed by atoms with E-state index < -0.39 is 0 Å². The van der Waals surface area contributed by atoms with Gasteiger partial charge in [0.05, 0.1) is 11.1 Å². The van der Waals surface area contributed by atoms with Crippen molar-refractivity contribution in [2.75, 3.05) is 0 Å². The van der Waals surface area contributed by atoms with Gasteiger partial charge in [0.15, 0.2) is 0 Å². The summed E-state index contributed by atoms with van der Waals surface area (Å²) >= 11 is 1.56. The maximum absolute atomic E-state index is 5.34. The van der Waals surface area contributed by atoms with E-state index in [-0.39, 0.29) is 0 Å². The van der Waals surface area contributed by atoms with Gasteiger partial charge in [0.25, 0.3) is 0 Å². The van der Waals surface area contributed by atoms with Crippen molar-refractivity contribution in [2.45, 2.75) is 0 Å². The molecule has 0 aliphatic rings. The number of tetrazole rings is 1. The Kier molecular flexibility index (Phi) is 1.85. The summed E-state index contributed by atoms with van der Waals surface area (Å²) in [5.74, 6) is 1.41. The van der Waals surface area contributed by atoms with Gasteiger partial charge in [-0.15, -0.1) is 21.5 Å². The fourth-order valence-electron chi connectivity index (χ4n) is 1.37. The van der Waals surface area contributed by atoms with Gasteiger partial charge >= 0.3 is 0 Å². The molecule has 0 unspecified atom stereocenters. The highest BCUT2D eigenvalue weighted by Crippen LogP contribution is 2.34. The van der Waals surface area contributed by atoms with Crippen molar-refractivity contribution in [1.29, 1.82) is 0 Å². The SMILES string of the molecule is c1coc(-c2ccsc2-c2nn[nH]n2)c1. The third kappa shape index (κ3) is 1.35. The number of hydrogen-bond donors (Lipinski definition) is 1. The van der Waals surface area contributed by atoms with Crippen LogP contribution in [-0.2, 0) is 0 Å². The normalized spacial score (nSPS) is 10.7. The van der Waals surface area contributed by atoms with Gasteiger partial charge in [-0.25, -0.2) is 0 Å². The monoisotopic (exact) mass is 218 g/mol. The third-order valence-electron chi connectivity index (χ3n) is 2.00. The molecule has 0 radical (unpaired) electrons. The van der Waals surface area contributed by atoms with Crippen molar-refractivity contribution in [1.82, 2.24) is 20.6 Å². The Morgan fingerprint density at radius 3 is 3.07 bits per heavy atom. The molecule has 0 atom stereocenters. The molecule has 0 saturated heterocycles. The molecular formula is C9H6N4OS. The molecule has 0 spiro atoms. The highest BCUT2D eigenvalue weighted by atomic mass is 32.1. The Balaban J connectivity index is 2.15. The van der Waals surface area contributed by atoms with Crippen molar-refractivity contribution >= 4 is 11.3 Å². The molecule has 0 aliphatic heterocycles. The van der Waals surface area contributed by atoms with E-state index >= 15 is 0 Å². The van der Waals surface area contributed by atoms with Gasteiger partial charge in [-0.3, -0.25) is 0 Å². The molecule has 1 N–H and O–H groups in total. The summed E-state index contributed by atoms with van der Waals surface area (Å²) in [5.41, 5.74) is 0.992. The minimum Gasteiger partial charge on any atom is -0.464 e. The first kappa shape index (κ1) is 8.37. The van der Waals surface area contributed by atoms with Gasteiger partial charge in [0.2, 0.25) is 5.82 Å². The van der Waals surface area contributed by atoms with Gasteiger partial charge in [-0.05, 0) is 28.8 Å². The fraction of sp³-hybridized carbons (Fsp3) is 0. The number of aromatic nitrogens is 4. The van der Waals surface area contributed by atoms with Crippen molar-refractivity contribution in [3.05, 3.63) is 29.8 Å². The maximum Gasteiger partial charge on any atom is 0.215 e. The number of nitrogens with one attached hydrogen (secondary N) is 1. The quantitative estimate of drug-likeness (QED) is 0.715. The van der Waals surface area contributed by atoms with Crippen molar-refractivity contribution < 1.29 is 4.42 Å². The highest BCUT2D eigenvalue weighted by Gasteiger charge is 2.13. The van der Waals surface area contributed by atoms with Gasteiger partial charge < -0.3 is 4.42 Å². The zero-order chi connectivity index (χ0) is 10.1. The van der Waals surface area contributed by atoms with Crippen molar-refractivity contribution in [3.63, 3.8) is 0 Å². The Bertz CT molecular complexity index is 492. The predicted octanol–water partition coefficient (Wildman–Crippen LogP) is 2.19. The van der Waals surface area contributed by atoms with Crippen LogP contribution in [0.25, 0.3) is 22.0 Å². The summed E-state index contributed by atoms with van der Waals surface area (Å²) in [6.45, 7) is 0. The van der Waals surface area contributed by atoms with Gasteiger partial charge in [-0.2, -0.15) is 5.21 Å². The predicted molar refractivity (Wildman–Crippen MR) is 55.2 cm³/mol. The zero-order valence-electron chi connectivity index (χ0n) is 7.54. The standard InChI is InChI=1S/C9H6N4OS/c1-2-7(14-4-1)6-3-5-15-8(6)9-10-12-13-11-9/h1-5H,(H,10,11,12,13). The molecular weight excluding hydrogens is 212 g/mol. The van der Waals surface area contributed by atoms with Crippen molar-refractivity contribution in [2.24, 2.45) is 0 Å². The van der Waals surface area contributed by atoms with Crippen LogP contribution in [-0.4, -0.2) is 20.6 Å². The molecule has 0 fully saturated rings. The van der Waals surface area contributed by atoms with Crippen LogP contribution in [0.3, 0.4) is 0 Å². The number of aromatic amines is 1. The lowest BCUT2D eigenvalue weighted by atomic mass is 10.2. The molecule has 3 aromatic heterocycles. The van der Waals surface area contributed by atoms with E-state index in [1.54, 1.807) is 17.6 Å². The first-order chi connectivity index (χ1) is 7.45. The van der Waals surface area contributed by atoms with Crippen LogP contribution in [0.1, 0.15) is 0 Å². The van der Waals surface area contributed by atoms with Crippen LogP contribution in [0.2, 0.25) is 0 Å². The number of rotatable bonds is 2. The summed E-state index contributed by atoms with van der Waals surface area (Å²) in [4.78, 5) is 0.957. The lowest BCUT2D eigenvalue weighted by Gasteiger charge is -1.94. The summed E-state index contributed by atoms with van der Waals surface area (Å²) in [5, 5.41) is 15.9. The number of nitrogens with zero attached hydrogens (tertiary/aromatic N) is 3. The second-order valence-electron chi connectivity index (χ2n) is 2.88. The largest absolute Gasteiger partial charge is 0.464 e. The van der Waals surface area contributed by atoms with Gasteiger partial charge in [-0.1, -0.05) is 0 Å². The Morgan fingerprint density at radius 1 is 1.33 bits per heavy atom. The lowest BCUT2D eigenvalue weighted by Crippen LogP contribution is -1.79. The molecule has 0 saturated carbocycles. The van der Waals surface area contributed by atoms with E-state index in [0.29, 0.717) is 5.82 Å². The molecule has 3 rings (SSSR count). The smallest absolute Gasteiger partial charge is 0.215 e. The van der Waals surface area contributed by atoms with Crippen LogP contribution >= 0.6 is 11.3 Å². The molecule has 0 amide bonds. The van der Waals surface area contributed by atoms with Crippen molar-refractivity contribution in [3.8, 4) is 22.0 Å². The van der Waals surface area contributed by atoms with E-state index in [4.69, 9.17) is 4.42 Å². The lowest BCUT2D eigenvalue weighted by molar-refractivity contribution is 0.583. The van der Waals surface area contributed by atoms with E-state index in [9.17, 15) is 0 Å². The third-order valence-corrected chi connectivity index (χ3v) is 2.91. The summed E-state index contributed by atoms with van der Waals surface area (Å²) < 4.78 is 5.34. The van der Waals surface area contributed by atoms with E-state index in [0.717, 1.165) is 16.2 Å². The second-order valence-corrected chi connectivity index (χ2v) is 3.79. The zero-order valence-corrected chi connectivity index (χ0v) is 8.36. The second kappa shape index (κ2) is 3.32. The Hall–Kier alpha value is -1.95. The molecule has 15 heavy (non-hydrogen) atoms.